The van der Waals surface area contributed by atoms with Crippen LogP contribution in [0.25, 0.3) is 11.0 Å². The summed E-state index contributed by atoms with van der Waals surface area (Å²) in [5.74, 6) is 1.05. The molecule has 0 aliphatic carbocycles. The fourth-order valence-electron chi connectivity index (χ4n) is 3.65. The smallest absolute Gasteiger partial charge is 0.265 e. The van der Waals surface area contributed by atoms with Crippen LogP contribution in [0.4, 0.5) is 5.69 Å². The number of rotatable bonds is 5. The summed E-state index contributed by atoms with van der Waals surface area (Å²) in [7, 11) is 0. The van der Waals surface area contributed by atoms with Gasteiger partial charge in [-0.05, 0) is 62.5 Å². The SMILES string of the molecule is CCn1c(CN2CCCCC2)nc2cc(NC(=O)c3cccs3)ccc21. The standard InChI is InChI=1S/C20H24N4OS/c1-2-24-17-9-8-15(21-20(25)18-7-6-12-26-18)13-16(17)22-19(24)14-23-10-4-3-5-11-23/h6-9,12-13H,2-5,10-11,14H2,1H3,(H,21,25). The Hall–Kier alpha value is -2.18. The van der Waals surface area contributed by atoms with E-state index in [9.17, 15) is 4.79 Å². The second kappa shape index (κ2) is 7.60. The molecule has 2 aromatic heterocycles. The number of hydrogen-bond donors (Lipinski definition) is 1. The molecular formula is C20H24N4OS. The number of thiophene rings is 1. The number of amides is 1. The topological polar surface area (TPSA) is 50.2 Å². The molecule has 0 unspecified atom stereocenters. The fourth-order valence-corrected chi connectivity index (χ4v) is 4.27. The summed E-state index contributed by atoms with van der Waals surface area (Å²) in [4.78, 5) is 20.4. The van der Waals surface area contributed by atoms with E-state index in [4.69, 9.17) is 4.98 Å². The number of nitrogens with zero attached hydrogens (tertiary/aromatic N) is 3. The number of aromatic nitrogens is 2. The van der Waals surface area contributed by atoms with Crippen molar-refractivity contribution in [2.24, 2.45) is 0 Å². The highest BCUT2D eigenvalue weighted by molar-refractivity contribution is 7.12. The molecule has 6 heteroatoms. The van der Waals surface area contributed by atoms with Crippen molar-refractivity contribution in [2.75, 3.05) is 18.4 Å². The maximum absolute atomic E-state index is 12.3. The van der Waals surface area contributed by atoms with Crippen LogP contribution in [0.2, 0.25) is 0 Å². The van der Waals surface area contributed by atoms with Crippen molar-refractivity contribution < 1.29 is 4.79 Å². The van der Waals surface area contributed by atoms with Crippen molar-refractivity contribution in [1.82, 2.24) is 14.5 Å². The Kier molecular flexibility index (Phi) is 5.04. The first-order valence-corrected chi connectivity index (χ1v) is 10.2. The number of aryl methyl sites for hydroxylation is 1. The number of benzene rings is 1. The quantitative estimate of drug-likeness (QED) is 0.728. The molecule has 1 amide bonds. The van der Waals surface area contributed by atoms with E-state index in [0.717, 1.165) is 53.6 Å². The van der Waals surface area contributed by atoms with Crippen LogP contribution in [0.5, 0.6) is 0 Å². The third-order valence-electron chi connectivity index (χ3n) is 4.96. The monoisotopic (exact) mass is 368 g/mol. The molecule has 1 saturated heterocycles. The van der Waals surface area contributed by atoms with Gasteiger partial charge >= 0.3 is 0 Å². The van der Waals surface area contributed by atoms with E-state index in [1.165, 1.54) is 30.6 Å². The summed E-state index contributed by atoms with van der Waals surface area (Å²) in [5, 5.41) is 4.89. The maximum Gasteiger partial charge on any atom is 0.265 e. The fraction of sp³-hybridized carbons (Fsp3) is 0.400. The number of likely N-dealkylation sites (tertiary alicyclic amines) is 1. The zero-order valence-electron chi connectivity index (χ0n) is 15.1. The van der Waals surface area contributed by atoms with E-state index in [2.05, 4.69) is 27.8 Å². The minimum absolute atomic E-state index is 0.0668. The van der Waals surface area contributed by atoms with Gasteiger partial charge in [-0.1, -0.05) is 12.5 Å². The van der Waals surface area contributed by atoms with Crippen molar-refractivity contribution >= 4 is 34.0 Å². The molecule has 3 aromatic rings. The second-order valence-electron chi connectivity index (χ2n) is 6.74. The summed E-state index contributed by atoms with van der Waals surface area (Å²) in [6.07, 6.45) is 3.91. The molecule has 136 valence electrons. The Morgan fingerprint density at radius 3 is 2.81 bits per heavy atom. The van der Waals surface area contributed by atoms with Crippen LogP contribution in [0, 0.1) is 0 Å². The highest BCUT2D eigenvalue weighted by atomic mass is 32.1. The van der Waals surface area contributed by atoms with Gasteiger partial charge in [0.05, 0.1) is 22.5 Å². The third-order valence-corrected chi connectivity index (χ3v) is 5.83. The number of nitrogens with one attached hydrogen (secondary N) is 1. The number of fused-ring (bicyclic) bond motifs is 1. The summed E-state index contributed by atoms with van der Waals surface area (Å²) >= 11 is 1.45. The summed E-state index contributed by atoms with van der Waals surface area (Å²) < 4.78 is 2.29. The van der Waals surface area contributed by atoms with Crippen LogP contribution in [0.15, 0.2) is 35.7 Å². The van der Waals surface area contributed by atoms with Gasteiger partial charge in [0.1, 0.15) is 5.82 Å². The van der Waals surface area contributed by atoms with Crippen molar-refractivity contribution in [3.05, 3.63) is 46.4 Å². The molecule has 5 nitrogen and oxygen atoms in total. The van der Waals surface area contributed by atoms with E-state index in [-0.39, 0.29) is 5.91 Å². The third kappa shape index (κ3) is 3.52. The highest BCUT2D eigenvalue weighted by Gasteiger charge is 2.16. The molecule has 0 bridgehead atoms. The average molecular weight is 369 g/mol. The van der Waals surface area contributed by atoms with Gasteiger partial charge in [0, 0.05) is 12.2 Å². The van der Waals surface area contributed by atoms with E-state index in [1.54, 1.807) is 0 Å². The lowest BCUT2D eigenvalue weighted by Gasteiger charge is -2.26. The van der Waals surface area contributed by atoms with Gasteiger partial charge in [0.2, 0.25) is 0 Å². The highest BCUT2D eigenvalue weighted by Crippen LogP contribution is 2.23. The average Bonchev–Trinajstić information content (AvgIpc) is 3.30. The number of carbonyl (C=O) groups excluding carboxylic acids is 1. The minimum atomic E-state index is -0.0668. The zero-order valence-corrected chi connectivity index (χ0v) is 15.9. The lowest BCUT2D eigenvalue weighted by molar-refractivity contribution is 0.103. The first-order valence-electron chi connectivity index (χ1n) is 9.31. The number of anilines is 1. The molecule has 0 radical (unpaired) electrons. The molecule has 26 heavy (non-hydrogen) atoms. The number of piperidine rings is 1. The maximum atomic E-state index is 12.3. The van der Waals surface area contributed by atoms with Crippen molar-refractivity contribution in [1.29, 1.82) is 0 Å². The van der Waals surface area contributed by atoms with Crippen molar-refractivity contribution in [3.8, 4) is 0 Å². The van der Waals surface area contributed by atoms with E-state index < -0.39 is 0 Å². The Balaban J connectivity index is 1.58. The van der Waals surface area contributed by atoms with Crippen LogP contribution in [0.3, 0.4) is 0 Å². The summed E-state index contributed by atoms with van der Waals surface area (Å²) in [5.41, 5.74) is 2.87. The number of imidazole rings is 1. The van der Waals surface area contributed by atoms with Gasteiger partial charge in [0.25, 0.3) is 5.91 Å². The van der Waals surface area contributed by atoms with Gasteiger partial charge in [-0.3, -0.25) is 9.69 Å². The molecule has 1 fully saturated rings. The molecule has 1 aliphatic heterocycles. The molecule has 0 spiro atoms. The van der Waals surface area contributed by atoms with Crippen molar-refractivity contribution in [3.63, 3.8) is 0 Å². The van der Waals surface area contributed by atoms with Gasteiger partial charge < -0.3 is 9.88 Å². The Morgan fingerprint density at radius 1 is 1.23 bits per heavy atom. The molecule has 0 atom stereocenters. The Morgan fingerprint density at radius 2 is 2.08 bits per heavy atom. The van der Waals surface area contributed by atoms with Crippen molar-refractivity contribution in [2.45, 2.75) is 39.3 Å². The van der Waals surface area contributed by atoms with Crippen LogP contribution in [0.1, 0.15) is 41.7 Å². The largest absolute Gasteiger partial charge is 0.327 e. The first kappa shape index (κ1) is 17.2. The number of carbonyl (C=O) groups is 1. The zero-order chi connectivity index (χ0) is 17.9. The molecule has 1 aromatic carbocycles. The number of hydrogen-bond acceptors (Lipinski definition) is 4. The molecule has 1 aliphatic rings. The predicted molar refractivity (Wildman–Crippen MR) is 107 cm³/mol. The van der Waals surface area contributed by atoms with Crippen LogP contribution >= 0.6 is 11.3 Å². The minimum Gasteiger partial charge on any atom is -0.327 e. The lowest BCUT2D eigenvalue weighted by atomic mass is 10.1. The van der Waals surface area contributed by atoms with Crippen LogP contribution < -0.4 is 5.32 Å². The summed E-state index contributed by atoms with van der Waals surface area (Å²) in [6, 6.07) is 9.73. The molecule has 0 saturated carbocycles. The molecule has 4 rings (SSSR count). The summed E-state index contributed by atoms with van der Waals surface area (Å²) in [6.45, 7) is 6.29. The van der Waals surface area contributed by atoms with Crippen LogP contribution in [-0.4, -0.2) is 33.4 Å². The van der Waals surface area contributed by atoms with E-state index in [1.807, 2.05) is 29.6 Å². The predicted octanol–water partition coefficient (Wildman–Crippen LogP) is 4.36. The second-order valence-corrected chi connectivity index (χ2v) is 7.69. The Labute approximate surface area is 157 Å². The van der Waals surface area contributed by atoms with Gasteiger partial charge in [-0.15, -0.1) is 11.3 Å². The lowest BCUT2D eigenvalue weighted by Crippen LogP contribution is -2.30. The van der Waals surface area contributed by atoms with Gasteiger partial charge in [-0.2, -0.15) is 0 Å². The van der Waals surface area contributed by atoms with Gasteiger partial charge in [-0.25, -0.2) is 4.98 Å². The van der Waals surface area contributed by atoms with E-state index >= 15 is 0 Å². The molecular weight excluding hydrogens is 344 g/mol. The van der Waals surface area contributed by atoms with E-state index in [0.29, 0.717) is 0 Å². The molecule has 3 heterocycles. The van der Waals surface area contributed by atoms with Gasteiger partial charge in [0.15, 0.2) is 0 Å². The Bertz CT molecular complexity index is 894. The van der Waals surface area contributed by atoms with Crippen LogP contribution in [-0.2, 0) is 13.1 Å². The normalized spacial score (nSPS) is 15.4. The first-order chi connectivity index (χ1) is 12.7. The molecule has 1 N–H and O–H groups in total.